The van der Waals surface area contributed by atoms with Crippen LogP contribution in [0.1, 0.15) is 22.8 Å². The summed E-state index contributed by atoms with van der Waals surface area (Å²) in [4.78, 5) is 23.7. The average molecular weight is 454 g/mol. The second-order valence-electron chi connectivity index (χ2n) is 7.10. The first-order chi connectivity index (χ1) is 15.8. The van der Waals surface area contributed by atoms with Crippen molar-refractivity contribution in [3.8, 4) is 5.75 Å². The highest BCUT2D eigenvalue weighted by molar-refractivity contribution is 6.05. The molecule has 1 aromatic heterocycles. The van der Waals surface area contributed by atoms with Crippen molar-refractivity contribution in [2.24, 2.45) is 0 Å². The van der Waals surface area contributed by atoms with Crippen molar-refractivity contribution in [1.29, 1.82) is 0 Å². The van der Waals surface area contributed by atoms with Gasteiger partial charge in [0.25, 0.3) is 0 Å². The Morgan fingerprint density at radius 2 is 1.70 bits per heavy atom. The minimum atomic E-state index is -1.31. The second-order valence-corrected chi connectivity index (χ2v) is 7.10. The van der Waals surface area contributed by atoms with Crippen molar-refractivity contribution in [2.45, 2.75) is 13.5 Å². The first-order valence-corrected chi connectivity index (χ1v) is 9.74. The van der Waals surface area contributed by atoms with E-state index in [2.05, 4.69) is 20.8 Å². The van der Waals surface area contributed by atoms with Gasteiger partial charge in [-0.25, -0.2) is 18.0 Å². The number of hydrogen-bond acceptors (Lipinski definition) is 4. The van der Waals surface area contributed by atoms with Crippen molar-refractivity contribution < 1.29 is 27.5 Å². The Kier molecular flexibility index (Phi) is 5.99. The van der Waals surface area contributed by atoms with E-state index in [1.54, 1.807) is 30.3 Å². The maximum Gasteiger partial charge on any atom is 0.324 e. The summed E-state index contributed by atoms with van der Waals surface area (Å²) >= 11 is 0. The van der Waals surface area contributed by atoms with Gasteiger partial charge in [0, 0.05) is 16.6 Å². The molecule has 0 radical (unpaired) electrons. The summed E-state index contributed by atoms with van der Waals surface area (Å²) in [7, 11) is 0. The normalized spacial score (nSPS) is 10.8. The lowest BCUT2D eigenvalue weighted by Gasteiger charge is -2.09. The van der Waals surface area contributed by atoms with E-state index >= 15 is 0 Å². The molecule has 0 aliphatic carbocycles. The van der Waals surface area contributed by atoms with Crippen LogP contribution >= 0.6 is 0 Å². The fourth-order valence-electron chi connectivity index (χ4n) is 3.09. The van der Waals surface area contributed by atoms with Crippen LogP contribution in [0.15, 0.2) is 54.6 Å². The fourth-order valence-corrected chi connectivity index (χ4v) is 3.09. The zero-order valence-corrected chi connectivity index (χ0v) is 17.2. The highest BCUT2D eigenvalue weighted by Gasteiger charge is 2.15. The van der Waals surface area contributed by atoms with E-state index in [4.69, 9.17) is 4.74 Å². The third kappa shape index (κ3) is 4.79. The first-order valence-electron chi connectivity index (χ1n) is 9.74. The predicted molar refractivity (Wildman–Crippen MR) is 116 cm³/mol. The summed E-state index contributed by atoms with van der Waals surface area (Å²) in [5.74, 6) is -3.07. The molecule has 0 unspecified atom stereocenters. The van der Waals surface area contributed by atoms with Gasteiger partial charge in [0.1, 0.15) is 18.2 Å². The standard InChI is InChI=1S/C23H17F3N4O3/c1-12(31)13-2-4-14(5-3-13)27-23(32)28-22-16-10-15(6-9-20(16)29-30-22)33-11-17-18(24)7-8-19(25)21(17)26/h2-10H,11H2,1H3,(H3,27,28,29,30,32). The molecule has 0 bridgehead atoms. The monoisotopic (exact) mass is 454 g/mol. The molecule has 3 N–H and O–H groups in total. The van der Waals surface area contributed by atoms with Crippen molar-refractivity contribution in [3.05, 3.63) is 83.2 Å². The number of hydrogen-bond donors (Lipinski definition) is 3. The number of ketones is 1. The minimum absolute atomic E-state index is 0.0881. The molecule has 1 heterocycles. The fraction of sp³-hybridized carbons (Fsp3) is 0.0870. The number of amides is 2. The van der Waals surface area contributed by atoms with E-state index in [-0.39, 0.29) is 17.4 Å². The van der Waals surface area contributed by atoms with Gasteiger partial charge in [0.2, 0.25) is 0 Å². The molecular weight excluding hydrogens is 437 g/mol. The molecule has 3 aromatic carbocycles. The number of halogens is 3. The molecular formula is C23H17F3N4O3. The summed E-state index contributed by atoms with van der Waals surface area (Å²) in [6.45, 7) is 0.916. The molecule has 4 aromatic rings. The highest BCUT2D eigenvalue weighted by Crippen LogP contribution is 2.27. The number of nitrogens with zero attached hydrogens (tertiary/aromatic N) is 1. The first kappa shape index (κ1) is 21.9. The Bertz CT molecular complexity index is 1350. The maximum absolute atomic E-state index is 13.8. The number of Topliss-reactive ketones (excluding diaryl/α,β-unsaturated/α-hetero) is 1. The maximum atomic E-state index is 13.8. The van der Waals surface area contributed by atoms with Gasteiger partial charge >= 0.3 is 6.03 Å². The van der Waals surface area contributed by atoms with E-state index in [0.29, 0.717) is 28.2 Å². The number of anilines is 2. The molecule has 7 nitrogen and oxygen atoms in total. The van der Waals surface area contributed by atoms with Gasteiger partial charge in [0.15, 0.2) is 23.2 Å². The molecule has 4 rings (SSSR count). The van der Waals surface area contributed by atoms with E-state index in [1.165, 1.54) is 19.1 Å². The van der Waals surface area contributed by atoms with Crippen molar-refractivity contribution in [3.63, 3.8) is 0 Å². The molecule has 2 amide bonds. The lowest BCUT2D eigenvalue weighted by Crippen LogP contribution is -2.19. The van der Waals surface area contributed by atoms with Crippen LogP contribution in [0, 0.1) is 17.5 Å². The van der Waals surface area contributed by atoms with E-state index in [9.17, 15) is 22.8 Å². The van der Waals surface area contributed by atoms with Crippen molar-refractivity contribution in [1.82, 2.24) is 10.2 Å². The number of carbonyl (C=O) groups is 2. The van der Waals surface area contributed by atoms with Crippen LogP contribution in [-0.2, 0) is 6.61 Å². The highest BCUT2D eigenvalue weighted by atomic mass is 19.2. The van der Waals surface area contributed by atoms with Gasteiger partial charge < -0.3 is 10.1 Å². The molecule has 0 saturated heterocycles. The Labute approximate surface area is 185 Å². The number of aromatic nitrogens is 2. The number of benzene rings is 3. The summed E-state index contributed by atoms with van der Waals surface area (Å²) in [6.07, 6.45) is 0. The number of ether oxygens (including phenoxy) is 1. The summed E-state index contributed by atoms with van der Waals surface area (Å²) in [5, 5.41) is 12.5. The molecule has 0 aliphatic heterocycles. The molecule has 0 aliphatic rings. The smallest absolute Gasteiger partial charge is 0.324 e. The quantitative estimate of drug-likeness (QED) is 0.268. The third-order valence-corrected chi connectivity index (χ3v) is 4.84. The van der Waals surface area contributed by atoms with Crippen LogP contribution in [0.3, 0.4) is 0 Å². The van der Waals surface area contributed by atoms with Crippen LogP contribution in [0.4, 0.5) is 29.5 Å². The number of nitrogens with one attached hydrogen (secondary N) is 3. The van der Waals surface area contributed by atoms with Crippen LogP contribution in [0.2, 0.25) is 0 Å². The molecule has 0 atom stereocenters. The van der Waals surface area contributed by atoms with E-state index in [1.807, 2.05) is 0 Å². The van der Waals surface area contributed by atoms with E-state index < -0.39 is 35.7 Å². The Morgan fingerprint density at radius 3 is 2.42 bits per heavy atom. The molecule has 0 saturated carbocycles. The topological polar surface area (TPSA) is 96.1 Å². The number of fused-ring (bicyclic) bond motifs is 1. The lowest BCUT2D eigenvalue weighted by molar-refractivity contribution is 0.101. The SMILES string of the molecule is CC(=O)c1ccc(NC(=O)Nc2n[nH]c3ccc(OCc4c(F)ccc(F)c4F)cc23)cc1. The third-order valence-electron chi connectivity index (χ3n) is 4.84. The van der Waals surface area contributed by atoms with Gasteiger partial charge in [-0.05, 0) is 61.5 Å². The van der Waals surface area contributed by atoms with Crippen LogP contribution in [-0.4, -0.2) is 22.0 Å². The molecule has 168 valence electrons. The second kappa shape index (κ2) is 9.03. The zero-order valence-electron chi connectivity index (χ0n) is 17.2. The Hall–Kier alpha value is -4.34. The predicted octanol–water partition coefficient (Wildman–Crippen LogP) is 5.41. The van der Waals surface area contributed by atoms with Gasteiger partial charge in [-0.1, -0.05) is 0 Å². The molecule has 10 heteroatoms. The number of urea groups is 1. The summed E-state index contributed by atoms with van der Waals surface area (Å²) in [5.41, 5.74) is 1.03. The van der Waals surface area contributed by atoms with Crippen molar-refractivity contribution >= 4 is 34.2 Å². The summed E-state index contributed by atoms with van der Waals surface area (Å²) < 4.78 is 46.4. The Balaban J connectivity index is 1.47. The van der Waals surface area contributed by atoms with Crippen molar-refractivity contribution in [2.75, 3.05) is 10.6 Å². The van der Waals surface area contributed by atoms with Crippen LogP contribution in [0.25, 0.3) is 10.9 Å². The van der Waals surface area contributed by atoms with Gasteiger partial charge in [-0.3, -0.25) is 15.2 Å². The lowest BCUT2D eigenvalue weighted by atomic mass is 10.1. The van der Waals surface area contributed by atoms with Gasteiger partial charge in [0.05, 0.1) is 11.1 Å². The number of H-pyrrole nitrogens is 1. The number of aromatic amines is 1. The average Bonchev–Trinajstić information content (AvgIpc) is 3.18. The van der Waals surface area contributed by atoms with Gasteiger partial charge in [-0.15, -0.1) is 0 Å². The molecule has 33 heavy (non-hydrogen) atoms. The largest absolute Gasteiger partial charge is 0.489 e. The van der Waals surface area contributed by atoms with Crippen LogP contribution in [0.5, 0.6) is 5.75 Å². The van der Waals surface area contributed by atoms with E-state index in [0.717, 1.165) is 6.07 Å². The summed E-state index contributed by atoms with van der Waals surface area (Å²) in [6, 6.07) is 12.0. The zero-order chi connectivity index (χ0) is 23.5. The number of rotatable bonds is 6. The minimum Gasteiger partial charge on any atom is -0.489 e. The molecule has 0 spiro atoms. The van der Waals surface area contributed by atoms with Crippen LogP contribution < -0.4 is 15.4 Å². The van der Waals surface area contributed by atoms with Gasteiger partial charge in [-0.2, -0.15) is 5.10 Å². The Morgan fingerprint density at radius 1 is 0.970 bits per heavy atom. The molecule has 0 fully saturated rings. The number of carbonyl (C=O) groups excluding carboxylic acids is 2.